The van der Waals surface area contributed by atoms with Gasteiger partial charge in [0.25, 0.3) is 0 Å². The van der Waals surface area contributed by atoms with Crippen molar-refractivity contribution in [3.05, 3.63) is 16.3 Å². The van der Waals surface area contributed by atoms with E-state index in [4.69, 9.17) is 4.98 Å². The normalized spacial score (nSPS) is 19.0. The van der Waals surface area contributed by atoms with E-state index in [1.807, 2.05) is 16.2 Å². The average Bonchev–Trinajstić information content (AvgIpc) is 3.36. The highest BCUT2D eigenvalue weighted by Gasteiger charge is 2.32. The van der Waals surface area contributed by atoms with Crippen LogP contribution in [0.25, 0.3) is 15.9 Å². The number of fused-ring (bicyclic) bond motifs is 5. The Morgan fingerprint density at radius 3 is 2.61 bits per heavy atom. The number of carbonyl (C=O) groups excluding carboxylic acids is 1. The Bertz CT molecular complexity index is 1140. The Balaban J connectivity index is 1.54. The molecule has 1 saturated carbocycles. The number of thiophene rings is 1. The highest BCUT2D eigenvalue weighted by atomic mass is 32.2. The first-order valence-electron chi connectivity index (χ1n) is 11.5. The van der Waals surface area contributed by atoms with Crippen LogP contribution in [0.2, 0.25) is 0 Å². The lowest BCUT2D eigenvalue weighted by Crippen LogP contribution is -2.43. The van der Waals surface area contributed by atoms with Crippen molar-refractivity contribution in [3.63, 3.8) is 0 Å². The summed E-state index contributed by atoms with van der Waals surface area (Å²) in [6.07, 6.45) is 5.81. The Kier molecular flexibility index (Phi) is 5.49. The summed E-state index contributed by atoms with van der Waals surface area (Å²) < 4.78 is 2.16. The summed E-state index contributed by atoms with van der Waals surface area (Å²) in [7, 11) is 0. The Hall–Kier alpha value is -1.67. The largest absolute Gasteiger partial charge is 0.337 e. The quantitative estimate of drug-likeness (QED) is 0.483. The minimum absolute atomic E-state index is 0.149. The van der Waals surface area contributed by atoms with Crippen LogP contribution in [0.1, 0.15) is 76.1 Å². The number of aromatic nitrogens is 4. The van der Waals surface area contributed by atoms with Crippen LogP contribution in [0.15, 0.2) is 5.16 Å². The summed E-state index contributed by atoms with van der Waals surface area (Å²) in [5, 5.41) is 11.2. The lowest BCUT2D eigenvalue weighted by molar-refractivity contribution is -0.131. The molecule has 6 nitrogen and oxygen atoms in total. The second kappa shape index (κ2) is 8.03. The Labute approximate surface area is 191 Å². The van der Waals surface area contributed by atoms with Gasteiger partial charge in [0.05, 0.1) is 11.1 Å². The molecule has 0 radical (unpaired) electrons. The molecule has 0 unspecified atom stereocenters. The monoisotopic (exact) mass is 457 g/mol. The number of amides is 1. The summed E-state index contributed by atoms with van der Waals surface area (Å²) in [5.41, 5.74) is 2.38. The van der Waals surface area contributed by atoms with Crippen LogP contribution in [0.3, 0.4) is 0 Å². The zero-order chi connectivity index (χ0) is 21.9. The number of hydrogen-bond acceptors (Lipinski definition) is 6. The molecule has 166 valence electrons. The number of hydrogen-bond donors (Lipinski definition) is 0. The standard InChI is InChI=1S/C23H31N5OS2/c1-12(2)27(13(3)4)18(29)11-30-23-26-25-21-19-16-9-6-14(5)10-17(16)31-22(19)24-20(28(21)23)15-7-8-15/h12-15H,6-11H2,1-5H3/t14-/m1/s1. The third-order valence-corrected chi connectivity index (χ3v) is 8.53. The lowest BCUT2D eigenvalue weighted by Gasteiger charge is -2.30. The van der Waals surface area contributed by atoms with Crippen LogP contribution >= 0.6 is 23.1 Å². The molecule has 2 aliphatic rings. The Morgan fingerprint density at radius 2 is 1.94 bits per heavy atom. The van der Waals surface area contributed by atoms with Crippen LogP contribution in [-0.2, 0) is 17.6 Å². The highest BCUT2D eigenvalue weighted by molar-refractivity contribution is 7.99. The molecule has 0 aromatic carbocycles. The van der Waals surface area contributed by atoms with Gasteiger partial charge in [0, 0.05) is 22.9 Å². The van der Waals surface area contributed by atoms with Crippen molar-refractivity contribution in [2.24, 2.45) is 5.92 Å². The van der Waals surface area contributed by atoms with E-state index in [1.165, 1.54) is 46.9 Å². The average molecular weight is 458 g/mol. The predicted octanol–water partition coefficient (Wildman–Crippen LogP) is 5.08. The van der Waals surface area contributed by atoms with E-state index in [0.29, 0.717) is 11.7 Å². The predicted molar refractivity (Wildman–Crippen MR) is 127 cm³/mol. The van der Waals surface area contributed by atoms with Crippen LogP contribution in [0.4, 0.5) is 0 Å². The fourth-order valence-corrected chi connectivity index (χ4v) is 7.11. The molecule has 1 fully saturated rings. The molecule has 31 heavy (non-hydrogen) atoms. The van der Waals surface area contributed by atoms with Crippen molar-refractivity contribution in [1.82, 2.24) is 24.5 Å². The van der Waals surface area contributed by atoms with Crippen molar-refractivity contribution in [1.29, 1.82) is 0 Å². The second-order valence-electron chi connectivity index (χ2n) is 9.69. The summed E-state index contributed by atoms with van der Waals surface area (Å²) in [6, 6.07) is 0.373. The van der Waals surface area contributed by atoms with Gasteiger partial charge in [-0.25, -0.2) is 4.98 Å². The molecule has 3 heterocycles. The van der Waals surface area contributed by atoms with Crippen molar-refractivity contribution in [2.75, 3.05) is 5.75 Å². The fourth-order valence-electron chi connectivity index (χ4n) is 4.92. The zero-order valence-corrected chi connectivity index (χ0v) is 20.6. The lowest BCUT2D eigenvalue weighted by atomic mass is 9.89. The number of thioether (sulfide) groups is 1. The molecule has 0 spiro atoms. The molecule has 8 heteroatoms. The maximum Gasteiger partial charge on any atom is 0.233 e. The summed E-state index contributed by atoms with van der Waals surface area (Å²) in [4.78, 5) is 22.6. The molecule has 1 amide bonds. The second-order valence-corrected chi connectivity index (χ2v) is 11.7. The minimum atomic E-state index is 0.149. The number of aryl methyl sites for hydroxylation is 1. The third kappa shape index (κ3) is 3.75. The van der Waals surface area contributed by atoms with Gasteiger partial charge in [-0.05, 0) is 71.3 Å². The zero-order valence-electron chi connectivity index (χ0n) is 19.0. The first kappa shape index (κ1) is 21.2. The molecule has 5 rings (SSSR count). The summed E-state index contributed by atoms with van der Waals surface area (Å²) >= 11 is 3.35. The first-order valence-corrected chi connectivity index (χ1v) is 13.3. The van der Waals surface area contributed by atoms with Crippen LogP contribution in [0, 0.1) is 5.92 Å². The molecule has 2 aliphatic carbocycles. The van der Waals surface area contributed by atoms with Crippen LogP contribution in [0.5, 0.6) is 0 Å². The van der Waals surface area contributed by atoms with Gasteiger partial charge in [0.15, 0.2) is 10.8 Å². The molecule has 0 bridgehead atoms. The van der Waals surface area contributed by atoms with E-state index in [9.17, 15) is 4.79 Å². The molecule has 3 aromatic rings. The third-order valence-electron chi connectivity index (χ3n) is 6.46. The van der Waals surface area contributed by atoms with Crippen molar-refractivity contribution in [3.8, 4) is 0 Å². The van der Waals surface area contributed by atoms with E-state index in [0.717, 1.165) is 40.2 Å². The number of carbonyl (C=O) groups is 1. The van der Waals surface area contributed by atoms with Gasteiger partial charge in [-0.1, -0.05) is 18.7 Å². The summed E-state index contributed by atoms with van der Waals surface area (Å²) in [5.74, 6) is 2.82. The van der Waals surface area contributed by atoms with Gasteiger partial charge in [-0.15, -0.1) is 21.5 Å². The molecule has 3 aromatic heterocycles. The van der Waals surface area contributed by atoms with Gasteiger partial charge in [0.2, 0.25) is 5.91 Å². The Morgan fingerprint density at radius 1 is 1.19 bits per heavy atom. The molecule has 0 N–H and O–H groups in total. The van der Waals surface area contributed by atoms with E-state index < -0.39 is 0 Å². The first-order chi connectivity index (χ1) is 14.8. The summed E-state index contributed by atoms with van der Waals surface area (Å²) in [6.45, 7) is 10.6. The van der Waals surface area contributed by atoms with Crippen LogP contribution in [-0.4, -0.2) is 48.2 Å². The topological polar surface area (TPSA) is 63.4 Å². The SMILES string of the molecule is CC(C)N(C(=O)CSc1nnc2c3c4c(sc3nc(C3CC3)n12)C[C@H](C)CC4)C(C)C. The number of rotatable bonds is 6. The van der Waals surface area contributed by atoms with E-state index in [1.54, 1.807) is 0 Å². The maximum atomic E-state index is 12.9. The van der Waals surface area contributed by atoms with Crippen LogP contribution < -0.4 is 0 Å². The smallest absolute Gasteiger partial charge is 0.233 e. The number of nitrogens with zero attached hydrogens (tertiary/aromatic N) is 5. The fraction of sp³-hybridized carbons (Fsp3) is 0.652. The highest BCUT2D eigenvalue weighted by Crippen LogP contribution is 2.44. The molecule has 1 atom stereocenters. The van der Waals surface area contributed by atoms with Gasteiger partial charge >= 0.3 is 0 Å². The molecular weight excluding hydrogens is 426 g/mol. The molecular formula is C23H31N5OS2. The van der Waals surface area contributed by atoms with E-state index in [2.05, 4.69) is 49.2 Å². The maximum absolute atomic E-state index is 12.9. The van der Waals surface area contributed by atoms with Gasteiger partial charge in [-0.3, -0.25) is 9.20 Å². The van der Waals surface area contributed by atoms with Crippen molar-refractivity contribution in [2.45, 2.75) is 89.9 Å². The van der Waals surface area contributed by atoms with Crippen molar-refractivity contribution >= 4 is 44.9 Å². The minimum Gasteiger partial charge on any atom is -0.337 e. The van der Waals surface area contributed by atoms with Gasteiger partial charge in [0.1, 0.15) is 10.7 Å². The molecule has 0 saturated heterocycles. The van der Waals surface area contributed by atoms with Crippen molar-refractivity contribution < 1.29 is 4.79 Å². The van der Waals surface area contributed by atoms with E-state index in [-0.39, 0.29) is 18.0 Å². The van der Waals surface area contributed by atoms with Gasteiger partial charge < -0.3 is 4.90 Å². The molecule has 0 aliphatic heterocycles. The van der Waals surface area contributed by atoms with E-state index >= 15 is 0 Å². The van der Waals surface area contributed by atoms with Gasteiger partial charge in [-0.2, -0.15) is 0 Å².